The van der Waals surface area contributed by atoms with E-state index >= 15 is 0 Å². The molecular formula is C20H10F4N4O4S. The number of hydrogen-bond donors (Lipinski definition) is 1. The second-order valence-corrected chi connectivity index (χ2v) is 7.84. The van der Waals surface area contributed by atoms with Gasteiger partial charge >= 0.3 is 6.36 Å². The van der Waals surface area contributed by atoms with Gasteiger partial charge in [0.15, 0.2) is 0 Å². The fourth-order valence-corrected chi connectivity index (χ4v) is 3.52. The summed E-state index contributed by atoms with van der Waals surface area (Å²) >= 11 is 0. The molecular weight excluding hydrogens is 468 g/mol. The highest BCUT2D eigenvalue weighted by Gasteiger charge is 2.32. The molecule has 1 heterocycles. The first-order chi connectivity index (χ1) is 15.5. The highest BCUT2D eigenvalue weighted by atomic mass is 32.2. The molecule has 0 aliphatic rings. The molecule has 0 unspecified atom stereocenters. The quantitative estimate of drug-likeness (QED) is 0.519. The van der Waals surface area contributed by atoms with Crippen LogP contribution in [0.4, 0.5) is 23.4 Å². The van der Waals surface area contributed by atoms with E-state index in [1.165, 1.54) is 0 Å². The zero-order chi connectivity index (χ0) is 24.2. The predicted molar refractivity (Wildman–Crippen MR) is 104 cm³/mol. The van der Waals surface area contributed by atoms with Crippen LogP contribution in [-0.4, -0.2) is 19.8 Å². The summed E-state index contributed by atoms with van der Waals surface area (Å²) in [5, 5.41) is 18.4. The number of halogens is 4. The topological polar surface area (TPSA) is 125 Å². The van der Waals surface area contributed by atoms with Gasteiger partial charge in [-0.1, -0.05) is 0 Å². The van der Waals surface area contributed by atoms with Gasteiger partial charge in [0.2, 0.25) is 0 Å². The van der Waals surface area contributed by atoms with E-state index in [1.807, 2.05) is 0 Å². The molecule has 13 heteroatoms. The van der Waals surface area contributed by atoms with Crippen LogP contribution in [0, 0.1) is 28.5 Å². The lowest BCUT2D eigenvalue weighted by Gasteiger charge is -2.13. The lowest BCUT2D eigenvalue weighted by molar-refractivity contribution is -0.274. The molecule has 0 bridgehead atoms. The van der Waals surface area contributed by atoms with Gasteiger partial charge in [-0.25, -0.2) is 17.8 Å². The summed E-state index contributed by atoms with van der Waals surface area (Å²) in [6.45, 7) is 0. The summed E-state index contributed by atoms with van der Waals surface area (Å²) in [6, 6.07) is 11.6. The summed E-state index contributed by atoms with van der Waals surface area (Å²) in [7, 11) is -4.19. The zero-order valence-corrected chi connectivity index (χ0v) is 16.9. The van der Waals surface area contributed by atoms with Crippen molar-refractivity contribution in [3.05, 3.63) is 71.7 Å². The van der Waals surface area contributed by atoms with Crippen molar-refractivity contribution in [2.45, 2.75) is 11.3 Å². The van der Waals surface area contributed by atoms with Gasteiger partial charge in [0.05, 0.1) is 22.2 Å². The van der Waals surface area contributed by atoms with E-state index in [1.54, 1.807) is 12.1 Å². The molecule has 0 fully saturated rings. The molecule has 0 amide bonds. The van der Waals surface area contributed by atoms with Crippen LogP contribution in [0.15, 0.2) is 59.6 Å². The molecule has 0 radical (unpaired) electrons. The van der Waals surface area contributed by atoms with Gasteiger partial charge in [0.1, 0.15) is 41.0 Å². The van der Waals surface area contributed by atoms with Gasteiger partial charge in [-0.3, -0.25) is 4.72 Å². The number of anilines is 1. The Morgan fingerprint density at radius 2 is 1.61 bits per heavy atom. The smallest absolute Gasteiger partial charge is 0.456 e. The molecule has 3 rings (SSSR count). The Kier molecular flexibility index (Phi) is 6.37. The average Bonchev–Trinajstić information content (AvgIpc) is 2.75. The lowest BCUT2D eigenvalue weighted by atomic mass is 10.2. The first-order valence-electron chi connectivity index (χ1n) is 8.67. The van der Waals surface area contributed by atoms with Crippen molar-refractivity contribution < 1.29 is 35.5 Å². The van der Waals surface area contributed by atoms with Crippen molar-refractivity contribution in [3.63, 3.8) is 0 Å². The molecule has 0 saturated heterocycles. The van der Waals surface area contributed by atoms with E-state index in [9.17, 15) is 31.2 Å². The van der Waals surface area contributed by atoms with Gasteiger partial charge in [-0.15, -0.1) is 13.2 Å². The van der Waals surface area contributed by atoms with Crippen LogP contribution in [0.2, 0.25) is 0 Å². The van der Waals surface area contributed by atoms with Crippen molar-refractivity contribution >= 4 is 15.8 Å². The summed E-state index contributed by atoms with van der Waals surface area (Å²) in [4.78, 5) is 3.26. The fraction of sp³-hybridized carbons (Fsp3) is 0.0500. The maximum Gasteiger partial charge on any atom is 0.573 e. The predicted octanol–water partition coefficient (Wildman–Crippen LogP) is 4.46. The second kappa shape index (κ2) is 9.02. The van der Waals surface area contributed by atoms with Crippen LogP contribution in [-0.2, 0) is 10.0 Å². The van der Waals surface area contributed by atoms with Crippen LogP contribution in [0.5, 0.6) is 17.2 Å². The Hall–Kier alpha value is -4.36. The fourth-order valence-electron chi connectivity index (χ4n) is 2.49. The van der Waals surface area contributed by atoms with Crippen molar-refractivity contribution in [1.29, 1.82) is 10.5 Å². The third-order valence-electron chi connectivity index (χ3n) is 3.87. The van der Waals surface area contributed by atoms with Gasteiger partial charge in [0.25, 0.3) is 10.0 Å². The SMILES string of the molecule is N#Cc1cc(S(=O)(=O)Nc2ccc(F)cn2)ccc1Oc1ccc(OC(F)(F)F)c(C#N)c1. The number of alkyl halides is 3. The number of nitriles is 2. The van der Waals surface area contributed by atoms with E-state index in [2.05, 4.69) is 14.4 Å². The molecule has 168 valence electrons. The number of benzene rings is 2. The average molecular weight is 478 g/mol. The van der Waals surface area contributed by atoms with Crippen molar-refractivity contribution in [1.82, 2.24) is 4.98 Å². The van der Waals surface area contributed by atoms with Crippen LogP contribution in [0.25, 0.3) is 0 Å². The number of aromatic nitrogens is 1. The number of ether oxygens (including phenoxy) is 2. The maximum absolute atomic E-state index is 12.9. The standard InChI is InChI=1S/C20H10F4N4O4S/c21-14-1-6-19(27-11-14)28-33(29,30)16-3-5-17(13(8-16)10-26)31-15-2-4-18(12(7-15)9-25)32-20(22,23)24/h1-8,11H,(H,27,28). The number of pyridine rings is 1. The summed E-state index contributed by atoms with van der Waals surface area (Å²) in [6.07, 6.45) is -4.18. The minimum absolute atomic E-state index is 0.0955. The minimum atomic E-state index is -5.00. The number of nitrogens with zero attached hydrogens (tertiary/aromatic N) is 3. The van der Waals surface area contributed by atoms with Crippen LogP contribution in [0.1, 0.15) is 11.1 Å². The number of nitrogens with one attached hydrogen (secondary N) is 1. The zero-order valence-electron chi connectivity index (χ0n) is 16.1. The number of rotatable bonds is 6. The summed E-state index contributed by atoms with van der Waals surface area (Å²) in [5.74, 6) is -1.77. The molecule has 0 saturated carbocycles. The molecule has 1 N–H and O–H groups in total. The molecule has 0 aliphatic heterocycles. The number of hydrogen-bond acceptors (Lipinski definition) is 7. The van der Waals surface area contributed by atoms with Crippen LogP contribution >= 0.6 is 0 Å². The molecule has 0 aliphatic carbocycles. The van der Waals surface area contributed by atoms with E-state index in [-0.39, 0.29) is 27.8 Å². The Bertz CT molecular complexity index is 1380. The normalized spacial score (nSPS) is 11.2. The van der Waals surface area contributed by atoms with Gasteiger partial charge in [-0.05, 0) is 42.5 Å². The molecule has 1 aromatic heterocycles. The summed E-state index contributed by atoms with van der Waals surface area (Å²) < 4.78 is 86.6. The van der Waals surface area contributed by atoms with E-state index in [4.69, 9.17) is 10.00 Å². The Morgan fingerprint density at radius 3 is 2.21 bits per heavy atom. The Labute approximate surface area is 184 Å². The third-order valence-corrected chi connectivity index (χ3v) is 5.23. The van der Waals surface area contributed by atoms with Gasteiger partial charge in [-0.2, -0.15) is 10.5 Å². The highest BCUT2D eigenvalue weighted by molar-refractivity contribution is 7.92. The van der Waals surface area contributed by atoms with Crippen molar-refractivity contribution in [2.75, 3.05) is 4.72 Å². The molecule has 33 heavy (non-hydrogen) atoms. The van der Waals surface area contributed by atoms with E-state index in [0.29, 0.717) is 0 Å². The Balaban J connectivity index is 1.87. The van der Waals surface area contributed by atoms with E-state index < -0.39 is 33.5 Å². The first-order valence-corrected chi connectivity index (χ1v) is 10.2. The molecule has 8 nitrogen and oxygen atoms in total. The van der Waals surface area contributed by atoms with Crippen molar-refractivity contribution in [2.24, 2.45) is 0 Å². The molecule has 0 atom stereocenters. The number of sulfonamides is 1. The van der Waals surface area contributed by atoms with Crippen molar-refractivity contribution in [3.8, 4) is 29.4 Å². The maximum atomic E-state index is 12.9. The monoisotopic (exact) mass is 478 g/mol. The van der Waals surface area contributed by atoms with Gasteiger partial charge in [0, 0.05) is 6.07 Å². The third kappa shape index (κ3) is 5.87. The molecule has 2 aromatic carbocycles. The Morgan fingerprint density at radius 1 is 0.939 bits per heavy atom. The minimum Gasteiger partial charge on any atom is -0.456 e. The molecule has 0 spiro atoms. The largest absolute Gasteiger partial charge is 0.573 e. The van der Waals surface area contributed by atoms with Crippen LogP contribution < -0.4 is 14.2 Å². The lowest BCUT2D eigenvalue weighted by Crippen LogP contribution is -2.17. The van der Waals surface area contributed by atoms with Crippen LogP contribution in [0.3, 0.4) is 0 Å². The second-order valence-electron chi connectivity index (χ2n) is 6.16. The van der Waals surface area contributed by atoms with E-state index in [0.717, 1.165) is 54.7 Å². The summed E-state index contributed by atoms with van der Waals surface area (Å²) in [5.41, 5.74) is -0.697. The highest BCUT2D eigenvalue weighted by Crippen LogP contribution is 2.33. The first kappa shape index (κ1) is 23.3. The molecule has 3 aromatic rings. The van der Waals surface area contributed by atoms with Gasteiger partial charge < -0.3 is 9.47 Å².